The molecule has 4 aliphatic carbocycles. The van der Waals surface area contributed by atoms with Gasteiger partial charge in [0.15, 0.2) is 0 Å². The fraction of sp³-hybridized carbons (Fsp3) is 0.500. The first-order valence-corrected chi connectivity index (χ1v) is 7.84. The molecular weight excluding hydrogens is 264 g/mol. The van der Waals surface area contributed by atoms with Crippen molar-refractivity contribution in [3.8, 4) is 0 Å². The average molecular weight is 284 g/mol. The Balaban J connectivity index is 1.84. The summed E-state index contributed by atoms with van der Waals surface area (Å²) in [6.45, 7) is 0. The predicted molar refractivity (Wildman–Crippen MR) is 79.7 cm³/mol. The molecule has 2 bridgehead atoms. The Hall–Kier alpha value is -1.61. The van der Waals surface area contributed by atoms with Crippen LogP contribution in [0, 0.1) is 11.8 Å². The molecule has 0 amide bonds. The van der Waals surface area contributed by atoms with Crippen molar-refractivity contribution in [2.24, 2.45) is 11.8 Å². The molecule has 3 atom stereocenters. The Morgan fingerprint density at radius 1 is 1.24 bits per heavy atom. The van der Waals surface area contributed by atoms with Crippen LogP contribution in [0.2, 0.25) is 0 Å². The summed E-state index contributed by atoms with van der Waals surface area (Å²) in [4.78, 5) is 11.2. The Kier molecular flexibility index (Phi) is 2.77. The molecule has 3 unspecified atom stereocenters. The van der Waals surface area contributed by atoms with E-state index in [0.717, 1.165) is 25.7 Å². The third-order valence-corrected chi connectivity index (χ3v) is 5.67. The van der Waals surface area contributed by atoms with Crippen LogP contribution in [0.1, 0.15) is 43.2 Å². The van der Waals surface area contributed by atoms with Gasteiger partial charge in [0.05, 0.1) is 12.0 Å². The number of carboxylic acid groups (broad SMARTS) is 1. The van der Waals surface area contributed by atoms with Crippen molar-refractivity contribution in [2.45, 2.75) is 44.1 Å². The second-order valence-electron chi connectivity index (χ2n) is 6.80. The molecule has 0 aliphatic heterocycles. The number of aryl methyl sites for hydroxylation is 1. The van der Waals surface area contributed by atoms with Crippen molar-refractivity contribution in [1.82, 2.24) is 0 Å². The molecule has 2 N–H and O–H groups in total. The number of hydrogen-bond donors (Lipinski definition) is 2. The molecule has 0 saturated heterocycles. The van der Waals surface area contributed by atoms with Gasteiger partial charge in [0, 0.05) is 5.92 Å². The SMILES string of the molecule is O=C(O)CC1(O)CC2CCC1C1=C2CCc2ccccc21. The normalized spacial score (nSPS) is 33.6. The first-order chi connectivity index (χ1) is 10.1. The molecule has 110 valence electrons. The van der Waals surface area contributed by atoms with E-state index in [4.69, 9.17) is 0 Å². The van der Waals surface area contributed by atoms with Gasteiger partial charge >= 0.3 is 5.97 Å². The van der Waals surface area contributed by atoms with E-state index in [0.29, 0.717) is 12.3 Å². The summed E-state index contributed by atoms with van der Waals surface area (Å²) in [6, 6.07) is 8.42. The number of carbonyl (C=O) groups is 1. The van der Waals surface area contributed by atoms with Gasteiger partial charge in [-0.25, -0.2) is 0 Å². The lowest BCUT2D eigenvalue weighted by atomic mass is 9.55. The first-order valence-electron chi connectivity index (χ1n) is 7.84. The van der Waals surface area contributed by atoms with Crippen LogP contribution in [0.3, 0.4) is 0 Å². The maximum Gasteiger partial charge on any atom is 0.306 e. The lowest BCUT2D eigenvalue weighted by Crippen LogP contribution is -2.50. The number of aliphatic hydroxyl groups is 1. The van der Waals surface area contributed by atoms with Crippen LogP contribution < -0.4 is 0 Å². The van der Waals surface area contributed by atoms with Gasteiger partial charge in [-0.3, -0.25) is 4.79 Å². The van der Waals surface area contributed by atoms with Crippen LogP contribution in [0.5, 0.6) is 0 Å². The number of benzene rings is 1. The number of rotatable bonds is 2. The van der Waals surface area contributed by atoms with E-state index in [2.05, 4.69) is 18.2 Å². The van der Waals surface area contributed by atoms with Crippen molar-refractivity contribution in [3.05, 3.63) is 41.0 Å². The van der Waals surface area contributed by atoms with Crippen LogP contribution in [0.4, 0.5) is 0 Å². The zero-order valence-corrected chi connectivity index (χ0v) is 12.0. The van der Waals surface area contributed by atoms with Crippen LogP contribution in [0.15, 0.2) is 29.8 Å². The van der Waals surface area contributed by atoms with E-state index in [1.165, 1.54) is 22.3 Å². The van der Waals surface area contributed by atoms with E-state index in [1.807, 2.05) is 6.07 Å². The van der Waals surface area contributed by atoms with E-state index < -0.39 is 11.6 Å². The molecule has 0 aromatic heterocycles. The van der Waals surface area contributed by atoms with Crippen LogP contribution in [-0.4, -0.2) is 21.8 Å². The molecule has 1 aromatic carbocycles. The highest BCUT2D eigenvalue weighted by Gasteiger charge is 2.52. The summed E-state index contributed by atoms with van der Waals surface area (Å²) in [5.74, 6) is -0.519. The number of allylic oxidation sites excluding steroid dienone is 1. The fourth-order valence-corrected chi connectivity index (χ4v) is 4.89. The molecule has 0 heterocycles. The highest BCUT2D eigenvalue weighted by Crippen LogP contribution is 2.57. The standard InChI is InChI=1S/C18H20O3/c19-16(20)10-18(21)9-12-6-8-15(18)17-13-4-2-1-3-11(13)5-7-14(12)17/h1-4,12,15,21H,5-10H2,(H,19,20). The summed E-state index contributed by atoms with van der Waals surface area (Å²) in [5, 5.41) is 20.2. The monoisotopic (exact) mass is 284 g/mol. The third-order valence-electron chi connectivity index (χ3n) is 5.67. The maximum atomic E-state index is 11.2. The maximum absolute atomic E-state index is 11.2. The topological polar surface area (TPSA) is 57.5 Å². The zero-order valence-electron chi connectivity index (χ0n) is 12.0. The summed E-state index contributed by atoms with van der Waals surface area (Å²) in [7, 11) is 0. The van der Waals surface area contributed by atoms with Gasteiger partial charge in [-0.05, 0) is 54.7 Å². The quantitative estimate of drug-likeness (QED) is 0.877. The summed E-state index contributed by atoms with van der Waals surface area (Å²) < 4.78 is 0. The number of hydrogen-bond acceptors (Lipinski definition) is 2. The molecule has 3 heteroatoms. The Labute approximate surface area is 124 Å². The zero-order chi connectivity index (χ0) is 14.6. The van der Waals surface area contributed by atoms with E-state index in [1.54, 1.807) is 0 Å². The van der Waals surface area contributed by atoms with Crippen molar-refractivity contribution in [1.29, 1.82) is 0 Å². The van der Waals surface area contributed by atoms with Crippen LogP contribution in [-0.2, 0) is 11.2 Å². The predicted octanol–water partition coefficient (Wildman–Crippen LogP) is 3.02. The first kappa shape index (κ1) is 13.1. The minimum absolute atomic E-state index is 0.00458. The van der Waals surface area contributed by atoms with Crippen molar-refractivity contribution in [2.75, 3.05) is 0 Å². The number of aliphatic carboxylic acids is 1. The van der Waals surface area contributed by atoms with Gasteiger partial charge in [-0.1, -0.05) is 29.8 Å². The van der Waals surface area contributed by atoms with Gasteiger partial charge in [0.1, 0.15) is 0 Å². The van der Waals surface area contributed by atoms with Gasteiger partial charge in [-0.15, -0.1) is 0 Å². The second-order valence-corrected chi connectivity index (χ2v) is 6.80. The second kappa shape index (κ2) is 4.44. The van der Waals surface area contributed by atoms with Gasteiger partial charge in [0.25, 0.3) is 0 Å². The lowest BCUT2D eigenvalue weighted by molar-refractivity contribution is -0.147. The average Bonchev–Trinajstić information content (AvgIpc) is 2.46. The van der Waals surface area contributed by atoms with Crippen molar-refractivity contribution in [3.63, 3.8) is 0 Å². The minimum Gasteiger partial charge on any atom is -0.481 e. The van der Waals surface area contributed by atoms with Crippen molar-refractivity contribution < 1.29 is 15.0 Å². The van der Waals surface area contributed by atoms with Crippen LogP contribution in [0.25, 0.3) is 5.57 Å². The fourth-order valence-electron chi connectivity index (χ4n) is 4.89. The van der Waals surface area contributed by atoms with Crippen LogP contribution >= 0.6 is 0 Å². The number of fused-ring (bicyclic) bond motifs is 3. The van der Waals surface area contributed by atoms with Gasteiger partial charge in [0.2, 0.25) is 0 Å². The number of carboxylic acids is 1. The van der Waals surface area contributed by atoms with E-state index in [9.17, 15) is 15.0 Å². The minimum atomic E-state index is -1.06. The molecule has 0 spiro atoms. The summed E-state index contributed by atoms with van der Waals surface area (Å²) >= 11 is 0. The molecule has 3 nitrogen and oxygen atoms in total. The molecule has 1 aromatic rings. The molecule has 1 fully saturated rings. The molecule has 21 heavy (non-hydrogen) atoms. The van der Waals surface area contributed by atoms with Gasteiger partial charge < -0.3 is 10.2 Å². The Bertz CT molecular complexity index is 646. The third kappa shape index (κ3) is 1.87. The van der Waals surface area contributed by atoms with E-state index >= 15 is 0 Å². The van der Waals surface area contributed by atoms with Gasteiger partial charge in [-0.2, -0.15) is 0 Å². The highest BCUT2D eigenvalue weighted by molar-refractivity contribution is 5.79. The Morgan fingerprint density at radius 2 is 2.05 bits per heavy atom. The van der Waals surface area contributed by atoms with E-state index in [-0.39, 0.29) is 12.3 Å². The lowest BCUT2D eigenvalue weighted by Gasteiger charge is -2.52. The molecule has 4 aliphatic rings. The molecule has 0 radical (unpaired) electrons. The largest absolute Gasteiger partial charge is 0.481 e. The molecule has 5 rings (SSSR count). The highest BCUT2D eigenvalue weighted by atomic mass is 16.4. The smallest absolute Gasteiger partial charge is 0.306 e. The van der Waals surface area contributed by atoms with Crippen molar-refractivity contribution >= 4 is 11.5 Å². The summed E-state index contributed by atoms with van der Waals surface area (Å²) in [5.41, 5.74) is 4.33. The Morgan fingerprint density at radius 3 is 2.86 bits per heavy atom. The molecule has 1 saturated carbocycles. The molecular formula is C18H20O3. The summed E-state index contributed by atoms with van der Waals surface area (Å²) in [6.07, 6.45) is 4.68.